The van der Waals surface area contributed by atoms with Gasteiger partial charge in [-0.1, -0.05) is 13.8 Å². The summed E-state index contributed by atoms with van der Waals surface area (Å²) >= 11 is 0. The maximum atomic E-state index is 9.04. The van der Waals surface area contributed by atoms with E-state index in [4.69, 9.17) is 5.11 Å². The first-order valence-electron chi connectivity index (χ1n) is 11.2. The molecule has 154 valence electrons. The molecule has 0 atom stereocenters. The van der Waals surface area contributed by atoms with Gasteiger partial charge in [-0.25, -0.2) is 0 Å². The number of aliphatic hydroxyl groups excluding tert-OH is 1. The quantitative estimate of drug-likeness (QED) is 0.771. The Morgan fingerprint density at radius 2 is 1.08 bits per heavy atom. The van der Waals surface area contributed by atoms with Crippen LogP contribution in [0.4, 0.5) is 0 Å². The third-order valence-electron chi connectivity index (χ3n) is 6.46. The van der Waals surface area contributed by atoms with Crippen molar-refractivity contribution in [1.29, 1.82) is 0 Å². The second-order valence-electron chi connectivity index (χ2n) is 8.36. The van der Waals surface area contributed by atoms with E-state index in [-0.39, 0.29) is 0 Å². The highest BCUT2D eigenvalue weighted by Gasteiger charge is 2.25. The Balaban J connectivity index is 0.00000117. The first-order valence-corrected chi connectivity index (χ1v) is 11.2. The summed E-state index contributed by atoms with van der Waals surface area (Å²) in [6, 6.07) is 0. The fourth-order valence-electron chi connectivity index (χ4n) is 4.66. The van der Waals surface area contributed by atoms with Crippen LogP contribution in [0, 0.1) is 11.8 Å². The number of hydrogen-bond donors (Lipinski definition) is 1. The minimum atomic E-state index is 0.309. The molecule has 0 spiro atoms. The Morgan fingerprint density at radius 3 is 1.50 bits per heavy atom. The normalized spacial score (nSPS) is 25.8. The lowest BCUT2D eigenvalue weighted by Crippen LogP contribution is -2.50. The van der Waals surface area contributed by atoms with Gasteiger partial charge in [-0.15, -0.1) is 0 Å². The van der Waals surface area contributed by atoms with Gasteiger partial charge in [0, 0.05) is 45.8 Å². The molecule has 3 rings (SSSR count). The van der Waals surface area contributed by atoms with Gasteiger partial charge in [-0.2, -0.15) is 0 Å². The number of hydrogen-bond acceptors (Lipinski definition) is 5. The molecule has 0 aromatic heterocycles. The van der Waals surface area contributed by atoms with Crippen LogP contribution in [-0.4, -0.2) is 110 Å². The van der Waals surface area contributed by atoms with Crippen molar-refractivity contribution < 1.29 is 5.11 Å². The molecule has 3 heterocycles. The molecule has 1 N–H and O–H groups in total. The van der Waals surface area contributed by atoms with E-state index in [0.29, 0.717) is 6.61 Å². The zero-order valence-corrected chi connectivity index (χ0v) is 17.7. The van der Waals surface area contributed by atoms with E-state index >= 15 is 0 Å². The second-order valence-corrected chi connectivity index (χ2v) is 8.36. The second kappa shape index (κ2) is 12.3. The fourth-order valence-corrected chi connectivity index (χ4v) is 4.66. The number of piperazine rings is 1. The van der Waals surface area contributed by atoms with Gasteiger partial charge in [0.1, 0.15) is 0 Å². The van der Waals surface area contributed by atoms with Gasteiger partial charge < -0.3 is 24.7 Å². The number of nitrogens with zero attached hydrogens (tertiary/aromatic N) is 4. The van der Waals surface area contributed by atoms with Crippen molar-refractivity contribution >= 4 is 0 Å². The summed E-state index contributed by atoms with van der Waals surface area (Å²) in [7, 11) is 2.25. The molecule has 0 saturated carbocycles. The summed E-state index contributed by atoms with van der Waals surface area (Å²) in [6.45, 7) is 17.8. The zero-order valence-electron chi connectivity index (χ0n) is 17.7. The number of piperidine rings is 2. The van der Waals surface area contributed by atoms with Gasteiger partial charge >= 0.3 is 0 Å². The molecule has 0 bridgehead atoms. The average molecular weight is 369 g/mol. The maximum Gasteiger partial charge on any atom is 0.0558 e. The van der Waals surface area contributed by atoms with Crippen molar-refractivity contribution in [3.8, 4) is 0 Å². The van der Waals surface area contributed by atoms with E-state index in [1.807, 2.05) is 13.8 Å². The molecule has 0 unspecified atom stereocenters. The summed E-state index contributed by atoms with van der Waals surface area (Å²) in [6.07, 6.45) is 5.41. The highest BCUT2D eigenvalue weighted by atomic mass is 16.3. The van der Waals surface area contributed by atoms with Gasteiger partial charge in [0.25, 0.3) is 0 Å². The number of β-amino-alcohol motifs (C(OH)–C–C–N with tert-alkyl or cyclic N) is 1. The SMILES string of the molecule is CC.CN1CCC(CN2CCN(CC3CCN(CCO)CC3)CC2)CC1. The van der Waals surface area contributed by atoms with Crippen LogP contribution in [0.25, 0.3) is 0 Å². The molecule has 3 aliphatic rings. The first kappa shape index (κ1) is 22.1. The highest BCUT2D eigenvalue weighted by molar-refractivity contribution is 4.80. The van der Waals surface area contributed by atoms with Crippen LogP contribution in [-0.2, 0) is 0 Å². The molecule has 5 heteroatoms. The first-order chi connectivity index (χ1) is 12.7. The monoisotopic (exact) mass is 368 g/mol. The Morgan fingerprint density at radius 1 is 0.654 bits per heavy atom. The lowest BCUT2D eigenvalue weighted by molar-refractivity contribution is 0.0756. The molecule has 3 saturated heterocycles. The van der Waals surface area contributed by atoms with Gasteiger partial charge in [0.05, 0.1) is 6.61 Å². The molecule has 0 aliphatic carbocycles. The Bertz CT molecular complexity index is 344. The van der Waals surface area contributed by atoms with E-state index in [1.54, 1.807) is 0 Å². The molecule has 0 aromatic carbocycles. The Kier molecular flexibility index (Phi) is 10.4. The molecule has 26 heavy (non-hydrogen) atoms. The molecule has 3 fully saturated rings. The summed E-state index contributed by atoms with van der Waals surface area (Å²) < 4.78 is 0. The third kappa shape index (κ3) is 7.43. The number of likely N-dealkylation sites (tertiary alicyclic amines) is 2. The Labute approximate surface area is 162 Å². The molecule has 0 amide bonds. The number of aliphatic hydroxyl groups is 1. The van der Waals surface area contributed by atoms with Gasteiger partial charge in [-0.3, -0.25) is 0 Å². The van der Waals surface area contributed by atoms with Crippen LogP contribution in [0.3, 0.4) is 0 Å². The summed E-state index contributed by atoms with van der Waals surface area (Å²) in [5.41, 5.74) is 0. The predicted molar refractivity (Wildman–Crippen MR) is 111 cm³/mol. The van der Waals surface area contributed by atoms with E-state index < -0.39 is 0 Å². The van der Waals surface area contributed by atoms with Crippen LogP contribution in [0.2, 0.25) is 0 Å². The highest BCUT2D eigenvalue weighted by Crippen LogP contribution is 2.21. The third-order valence-corrected chi connectivity index (χ3v) is 6.46. The lowest BCUT2D eigenvalue weighted by Gasteiger charge is -2.40. The van der Waals surface area contributed by atoms with E-state index in [0.717, 1.165) is 18.4 Å². The summed E-state index contributed by atoms with van der Waals surface area (Å²) in [5.74, 6) is 1.81. The largest absolute Gasteiger partial charge is 0.395 e. The van der Waals surface area contributed by atoms with Crippen molar-refractivity contribution in [2.75, 3.05) is 85.6 Å². The van der Waals surface area contributed by atoms with Crippen molar-refractivity contribution in [1.82, 2.24) is 19.6 Å². The lowest BCUT2D eigenvalue weighted by atomic mass is 9.95. The van der Waals surface area contributed by atoms with E-state index in [2.05, 4.69) is 26.6 Å². The van der Waals surface area contributed by atoms with Gasteiger partial charge in [-0.05, 0) is 70.7 Å². The van der Waals surface area contributed by atoms with Crippen molar-refractivity contribution in [2.24, 2.45) is 11.8 Å². The molecular formula is C21H44N4O. The van der Waals surface area contributed by atoms with Crippen LogP contribution in [0.5, 0.6) is 0 Å². The standard InChI is InChI=1S/C19H38N4O.C2H6/c1-20-6-2-18(3-7-20)16-22-10-12-23(13-11-22)17-19-4-8-21(9-5-19)14-15-24;1-2/h18-19,24H,2-17H2,1H3;1-2H3. The van der Waals surface area contributed by atoms with Crippen molar-refractivity contribution in [3.05, 3.63) is 0 Å². The van der Waals surface area contributed by atoms with Crippen molar-refractivity contribution in [3.63, 3.8) is 0 Å². The molecular weight excluding hydrogens is 324 g/mol. The fraction of sp³-hybridized carbons (Fsp3) is 1.00. The van der Waals surface area contributed by atoms with Crippen molar-refractivity contribution in [2.45, 2.75) is 39.5 Å². The molecule has 0 radical (unpaired) electrons. The minimum Gasteiger partial charge on any atom is -0.395 e. The summed E-state index contributed by atoms with van der Waals surface area (Å²) in [5, 5.41) is 9.04. The molecule has 0 aromatic rings. The van der Waals surface area contributed by atoms with E-state index in [9.17, 15) is 0 Å². The number of rotatable bonds is 6. The average Bonchev–Trinajstić information content (AvgIpc) is 2.69. The van der Waals surface area contributed by atoms with Crippen LogP contribution in [0.15, 0.2) is 0 Å². The zero-order chi connectivity index (χ0) is 18.8. The minimum absolute atomic E-state index is 0.309. The molecule has 3 aliphatic heterocycles. The van der Waals surface area contributed by atoms with Gasteiger partial charge in [0.15, 0.2) is 0 Å². The maximum absolute atomic E-state index is 9.04. The smallest absolute Gasteiger partial charge is 0.0558 e. The van der Waals surface area contributed by atoms with E-state index in [1.165, 1.54) is 91.1 Å². The van der Waals surface area contributed by atoms with Crippen LogP contribution < -0.4 is 0 Å². The topological polar surface area (TPSA) is 33.2 Å². The van der Waals surface area contributed by atoms with Crippen LogP contribution in [0.1, 0.15) is 39.5 Å². The predicted octanol–water partition coefficient (Wildman–Crippen LogP) is 1.68. The molecule has 5 nitrogen and oxygen atoms in total. The van der Waals surface area contributed by atoms with Crippen LogP contribution >= 0.6 is 0 Å². The Hall–Kier alpha value is -0.200. The van der Waals surface area contributed by atoms with Gasteiger partial charge in [0.2, 0.25) is 0 Å². The summed E-state index contributed by atoms with van der Waals surface area (Å²) in [4.78, 5) is 10.3.